The Kier molecular flexibility index (Phi) is 8.20. The number of halogens is 2. The van der Waals surface area contributed by atoms with Crippen molar-refractivity contribution in [1.29, 1.82) is 5.41 Å². The number of hydrogen-bond donors (Lipinski definition) is 3. The fraction of sp³-hybridized carbons (Fsp3) is 0.125. The molecule has 0 bridgehead atoms. The van der Waals surface area contributed by atoms with Crippen molar-refractivity contribution in [3.05, 3.63) is 35.9 Å². The Balaban J connectivity index is 0. The van der Waals surface area contributed by atoms with Crippen LogP contribution in [0.3, 0.4) is 0 Å². The Hall–Kier alpha value is -0.390. The second-order valence-corrected chi connectivity index (χ2v) is 2.34. The van der Waals surface area contributed by atoms with E-state index in [1.54, 1.807) is 0 Å². The number of hydrogen-bond acceptors (Lipinski definition) is 2. The Morgan fingerprint density at radius 2 is 1.62 bits per heavy atom. The third-order valence-corrected chi connectivity index (χ3v) is 1.49. The fourth-order valence-electron chi connectivity index (χ4n) is 0.840. The quantitative estimate of drug-likeness (QED) is 0.575. The molecule has 1 aromatic carbocycles. The summed E-state index contributed by atoms with van der Waals surface area (Å²) < 4.78 is 0. The molecule has 0 saturated carbocycles. The van der Waals surface area contributed by atoms with Crippen molar-refractivity contribution >= 4 is 39.8 Å². The van der Waals surface area contributed by atoms with Gasteiger partial charge in [-0.25, -0.2) is 0 Å². The van der Waals surface area contributed by atoms with Gasteiger partial charge in [0.05, 0.1) is 6.04 Å². The normalized spacial score (nSPS) is 10.5. The van der Waals surface area contributed by atoms with Gasteiger partial charge in [-0.2, -0.15) is 0 Å². The first kappa shape index (κ1) is 15.1. The molecule has 74 valence electrons. The minimum atomic E-state index is -0.462. The van der Waals surface area contributed by atoms with Gasteiger partial charge >= 0.3 is 0 Å². The van der Waals surface area contributed by atoms with Crippen LogP contribution in [-0.4, -0.2) is 5.84 Å². The van der Waals surface area contributed by atoms with E-state index in [4.69, 9.17) is 16.9 Å². The van der Waals surface area contributed by atoms with Gasteiger partial charge in [-0.1, -0.05) is 30.3 Å². The maximum absolute atomic E-state index is 7.09. The predicted octanol–water partition coefficient (Wildman–Crippen LogP) is 1.78. The zero-order valence-corrected chi connectivity index (χ0v) is 10.4. The van der Waals surface area contributed by atoms with E-state index in [2.05, 4.69) is 0 Å². The number of nitrogens with one attached hydrogen (secondary N) is 1. The Bertz CT molecular complexity index is 251. The van der Waals surface area contributed by atoms with Crippen molar-refractivity contribution in [1.82, 2.24) is 0 Å². The largest absolute Gasteiger partial charge is 0.386 e. The monoisotopic (exact) mass is 309 g/mol. The summed E-state index contributed by atoms with van der Waals surface area (Å²) in [5.74, 6) is -0.00352. The first-order chi connectivity index (χ1) is 5.22. The zero-order valence-electron chi connectivity index (χ0n) is 6.94. The van der Waals surface area contributed by atoms with Gasteiger partial charge in [-0.3, -0.25) is 5.41 Å². The van der Waals surface area contributed by atoms with Crippen LogP contribution >= 0.6 is 34.0 Å². The molecule has 0 saturated heterocycles. The van der Waals surface area contributed by atoms with Crippen molar-refractivity contribution < 1.29 is 0 Å². The highest BCUT2D eigenvalue weighted by atomic mass is 79.9. The molecule has 0 aliphatic rings. The van der Waals surface area contributed by atoms with Gasteiger partial charge in [-0.05, 0) is 5.56 Å². The maximum atomic E-state index is 7.09. The minimum absolute atomic E-state index is 0. The lowest BCUT2D eigenvalue weighted by molar-refractivity contribution is 0.938. The van der Waals surface area contributed by atoms with Gasteiger partial charge in [0.15, 0.2) is 0 Å². The summed E-state index contributed by atoms with van der Waals surface area (Å²) in [6, 6.07) is 8.89. The summed E-state index contributed by atoms with van der Waals surface area (Å²) in [5, 5.41) is 7.09. The van der Waals surface area contributed by atoms with E-state index in [9.17, 15) is 0 Å². The molecule has 0 spiro atoms. The molecule has 0 fully saturated rings. The Labute approximate surface area is 98.6 Å². The molecule has 0 radical (unpaired) electrons. The maximum Gasteiger partial charge on any atom is 0.112 e. The van der Waals surface area contributed by atoms with Crippen molar-refractivity contribution in [2.45, 2.75) is 6.04 Å². The molecule has 1 unspecified atom stereocenters. The van der Waals surface area contributed by atoms with Crippen LogP contribution in [-0.2, 0) is 0 Å². The lowest BCUT2D eigenvalue weighted by atomic mass is 10.1. The van der Waals surface area contributed by atoms with Gasteiger partial charge in [-0.15, -0.1) is 34.0 Å². The van der Waals surface area contributed by atoms with E-state index < -0.39 is 6.04 Å². The molecule has 0 aliphatic heterocycles. The molecule has 0 aromatic heterocycles. The SMILES string of the molecule is Br.Br.N=C(N)C(N)c1ccccc1. The molecule has 1 atom stereocenters. The summed E-state index contributed by atoms with van der Waals surface area (Å²) >= 11 is 0. The van der Waals surface area contributed by atoms with Crippen LogP contribution in [0, 0.1) is 5.41 Å². The lowest BCUT2D eigenvalue weighted by Gasteiger charge is -2.08. The van der Waals surface area contributed by atoms with Crippen LogP contribution in [0.25, 0.3) is 0 Å². The van der Waals surface area contributed by atoms with Gasteiger partial charge in [0.2, 0.25) is 0 Å². The van der Waals surface area contributed by atoms with Gasteiger partial charge < -0.3 is 11.5 Å². The molecule has 5 heteroatoms. The van der Waals surface area contributed by atoms with Crippen LogP contribution in [0.5, 0.6) is 0 Å². The smallest absolute Gasteiger partial charge is 0.112 e. The van der Waals surface area contributed by atoms with Gasteiger partial charge in [0, 0.05) is 0 Å². The van der Waals surface area contributed by atoms with Crippen molar-refractivity contribution in [3.8, 4) is 0 Å². The van der Waals surface area contributed by atoms with E-state index in [0.717, 1.165) is 5.56 Å². The van der Waals surface area contributed by atoms with E-state index >= 15 is 0 Å². The van der Waals surface area contributed by atoms with E-state index in [-0.39, 0.29) is 39.8 Å². The predicted molar refractivity (Wildman–Crippen MR) is 65.9 cm³/mol. The number of rotatable bonds is 2. The average molecular weight is 311 g/mol. The van der Waals surface area contributed by atoms with Crippen LogP contribution in [0.1, 0.15) is 11.6 Å². The van der Waals surface area contributed by atoms with E-state index in [1.165, 1.54) is 0 Å². The third kappa shape index (κ3) is 4.40. The molecule has 5 N–H and O–H groups in total. The molecule has 0 aliphatic carbocycles. The number of benzene rings is 1. The second-order valence-electron chi connectivity index (χ2n) is 2.34. The van der Waals surface area contributed by atoms with Crippen LogP contribution < -0.4 is 11.5 Å². The van der Waals surface area contributed by atoms with Crippen LogP contribution in [0.2, 0.25) is 0 Å². The van der Waals surface area contributed by atoms with Crippen molar-refractivity contribution in [2.24, 2.45) is 11.5 Å². The standard InChI is InChI=1S/C8H11N3.2BrH/c9-7(8(10)11)6-4-2-1-3-5-6;;/h1-5,7H,9H2,(H3,10,11);2*1H. The van der Waals surface area contributed by atoms with Crippen molar-refractivity contribution in [3.63, 3.8) is 0 Å². The summed E-state index contributed by atoms with van der Waals surface area (Å²) in [4.78, 5) is 0. The van der Waals surface area contributed by atoms with E-state index in [1.807, 2.05) is 30.3 Å². The number of nitrogens with two attached hydrogens (primary N) is 2. The molecule has 1 rings (SSSR count). The van der Waals surface area contributed by atoms with Gasteiger partial charge in [0.25, 0.3) is 0 Å². The minimum Gasteiger partial charge on any atom is -0.386 e. The Morgan fingerprint density at radius 3 is 2.00 bits per heavy atom. The average Bonchev–Trinajstić information content (AvgIpc) is 2.05. The second kappa shape index (κ2) is 7.06. The highest BCUT2D eigenvalue weighted by molar-refractivity contribution is 8.93. The molecule has 1 aromatic rings. The summed E-state index contributed by atoms with van der Waals surface area (Å²) in [6.45, 7) is 0. The van der Waals surface area contributed by atoms with Crippen molar-refractivity contribution in [2.75, 3.05) is 0 Å². The van der Waals surface area contributed by atoms with E-state index in [0.29, 0.717) is 0 Å². The molecular formula is C8H13Br2N3. The summed E-state index contributed by atoms with van der Waals surface area (Å²) in [6.07, 6.45) is 0. The molecule has 0 amide bonds. The van der Waals surface area contributed by atoms with Crippen LogP contribution in [0.15, 0.2) is 30.3 Å². The molecule has 0 heterocycles. The molecular weight excluding hydrogens is 298 g/mol. The van der Waals surface area contributed by atoms with Crippen LogP contribution in [0.4, 0.5) is 0 Å². The summed E-state index contributed by atoms with van der Waals surface area (Å²) in [7, 11) is 0. The first-order valence-electron chi connectivity index (χ1n) is 3.36. The van der Waals surface area contributed by atoms with Gasteiger partial charge in [0.1, 0.15) is 5.84 Å². The highest BCUT2D eigenvalue weighted by Gasteiger charge is 2.06. The molecule has 3 nitrogen and oxygen atoms in total. The zero-order chi connectivity index (χ0) is 8.27. The topological polar surface area (TPSA) is 75.9 Å². The lowest BCUT2D eigenvalue weighted by Crippen LogP contribution is -2.27. The number of amidine groups is 1. The highest BCUT2D eigenvalue weighted by Crippen LogP contribution is 2.07. The fourth-order valence-corrected chi connectivity index (χ4v) is 0.840. The summed E-state index contributed by atoms with van der Waals surface area (Å²) in [5.41, 5.74) is 11.7. The third-order valence-electron chi connectivity index (χ3n) is 1.49. The first-order valence-corrected chi connectivity index (χ1v) is 3.36. The Morgan fingerprint density at radius 1 is 1.15 bits per heavy atom. The molecule has 13 heavy (non-hydrogen) atoms.